The molecule has 0 spiro atoms. The second-order valence-corrected chi connectivity index (χ2v) is 4.34. The van der Waals surface area contributed by atoms with Gasteiger partial charge in [-0.3, -0.25) is 9.36 Å². The Morgan fingerprint density at radius 3 is 2.37 bits per heavy atom. The Morgan fingerprint density at radius 1 is 1.26 bits per heavy atom. The Hall–Kier alpha value is -2.24. The summed E-state index contributed by atoms with van der Waals surface area (Å²) in [6, 6.07) is 0. The lowest BCUT2D eigenvalue weighted by Crippen LogP contribution is -2.11. The van der Waals surface area contributed by atoms with Crippen LogP contribution in [0.5, 0.6) is 0 Å². The van der Waals surface area contributed by atoms with Gasteiger partial charge in [-0.2, -0.15) is 0 Å². The summed E-state index contributed by atoms with van der Waals surface area (Å²) in [5, 5.41) is 2.72. The van der Waals surface area contributed by atoms with Crippen molar-refractivity contribution in [2.75, 3.05) is 5.32 Å². The van der Waals surface area contributed by atoms with Crippen molar-refractivity contribution in [1.82, 2.24) is 19.5 Å². The summed E-state index contributed by atoms with van der Waals surface area (Å²) < 4.78 is 1.89. The number of aryl methyl sites for hydroxylation is 2. The lowest BCUT2D eigenvalue weighted by Gasteiger charge is -2.07. The normalized spacial score (nSPS) is 10.5. The molecule has 0 atom stereocenters. The molecular weight excluding hydrogens is 242 g/mol. The molecule has 100 valence electrons. The maximum absolute atomic E-state index is 11.3. The number of nitrogens with zero attached hydrogens (tertiary/aromatic N) is 4. The van der Waals surface area contributed by atoms with E-state index >= 15 is 0 Å². The minimum Gasteiger partial charge on any atom is -0.323 e. The van der Waals surface area contributed by atoms with Crippen LogP contribution in [0.4, 0.5) is 5.69 Å². The van der Waals surface area contributed by atoms with E-state index in [4.69, 9.17) is 0 Å². The summed E-state index contributed by atoms with van der Waals surface area (Å²) >= 11 is 0. The van der Waals surface area contributed by atoms with Crippen molar-refractivity contribution in [3.05, 3.63) is 29.6 Å². The zero-order valence-electron chi connectivity index (χ0n) is 11.6. The molecule has 2 aromatic heterocycles. The third-order valence-electron chi connectivity index (χ3n) is 2.96. The number of imidazole rings is 1. The standard InChI is InChI=1S/C13H17N5O/c1-5-12(19)17-11-6-14-13(15-7-11)18-9(3)8(2)16-10(18)4/h6-7H,5H2,1-4H3,(H,17,19). The van der Waals surface area contributed by atoms with Crippen molar-refractivity contribution >= 4 is 11.6 Å². The van der Waals surface area contributed by atoms with Crippen molar-refractivity contribution in [2.24, 2.45) is 0 Å². The molecule has 19 heavy (non-hydrogen) atoms. The molecule has 2 rings (SSSR count). The van der Waals surface area contributed by atoms with Gasteiger partial charge in [0.05, 0.1) is 23.8 Å². The zero-order valence-corrected chi connectivity index (χ0v) is 11.6. The van der Waals surface area contributed by atoms with Gasteiger partial charge in [0.2, 0.25) is 11.9 Å². The van der Waals surface area contributed by atoms with E-state index in [1.807, 2.05) is 25.3 Å². The van der Waals surface area contributed by atoms with E-state index in [0.29, 0.717) is 18.1 Å². The smallest absolute Gasteiger partial charge is 0.235 e. The highest BCUT2D eigenvalue weighted by molar-refractivity contribution is 5.90. The summed E-state index contributed by atoms with van der Waals surface area (Å²) in [5.41, 5.74) is 2.58. The molecule has 0 aromatic carbocycles. The van der Waals surface area contributed by atoms with Gasteiger partial charge in [0.1, 0.15) is 5.82 Å². The van der Waals surface area contributed by atoms with Crippen LogP contribution in [0.15, 0.2) is 12.4 Å². The second-order valence-electron chi connectivity index (χ2n) is 4.34. The van der Waals surface area contributed by atoms with E-state index in [0.717, 1.165) is 17.2 Å². The Morgan fingerprint density at radius 2 is 1.89 bits per heavy atom. The summed E-state index contributed by atoms with van der Waals surface area (Å²) in [7, 11) is 0. The quantitative estimate of drug-likeness (QED) is 0.914. The lowest BCUT2D eigenvalue weighted by atomic mass is 10.4. The first-order valence-electron chi connectivity index (χ1n) is 6.17. The summed E-state index contributed by atoms with van der Waals surface area (Å²) in [6.45, 7) is 7.64. The SMILES string of the molecule is CCC(=O)Nc1cnc(-n2c(C)nc(C)c2C)nc1. The molecule has 0 unspecified atom stereocenters. The highest BCUT2D eigenvalue weighted by Gasteiger charge is 2.11. The number of hydrogen-bond acceptors (Lipinski definition) is 4. The summed E-state index contributed by atoms with van der Waals surface area (Å²) in [5.74, 6) is 1.35. The largest absolute Gasteiger partial charge is 0.323 e. The van der Waals surface area contributed by atoms with E-state index in [9.17, 15) is 4.79 Å². The number of carbonyl (C=O) groups excluding carboxylic acids is 1. The van der Waals surface area contributed by atoms with Gasteiger partial charge in [0.25, 0.3) is 0 Å². The Labute approximate surface area is 111 Å². The molecule has 0 saturated heterocycles. The van der Waals surface area contributed by atoms with Gasteiger partial charge in [-0.25, -0.2) is 15.0 Å². The first-order chi connectivity index (χ1) is 9.02. The average molecular weight is 259 g/mol. The number of rotatable bonds is 3. The Balaban J connectivity index is 2.30. The maximum Gasteiger partial charge on any atom is 0.235 e. The number of carbonyl (C=O) groups is 1. The summed E-state index contributed by atoms with van der Waals surface area (Å²) in [4.78, 5) is 24.2. The van der Waals surface area contributed by atoms with Gasteiger partial charge < -0.3 is 5.32 Å². The van der Waals surface area contributed by atoms with E-state index < -0.39 is 0 Å². The molecular formula is C13H17N5O. The third-order valence-corrected chi connectivity index (χ3v) is 2.96. The first-order valence-corrected chi connectivity index (χ1v) is 6.17. The minimum atomic E-state index is -0.0535. The van der Waals surface area contributed by atoms with Crippen LogP contribution in [0.2, 0.25) is 0 Å². The van der Waals surface area contributed by atoms with Crippen LogP contribution >= 0.6 is 0 Å². The predicted octanol–water partition coefficient (Wildman–Crippen LogP) is 1.94. The van der Waals surface area contributed by atoms with E-state index in [1.165, 1.54) is 0 Å². The molecule has 1 N–H and O–H groups in total. The third kappa shape index (κ3) is 2.62. The Bertz CT molecular complexity index is 600. The minimum absolute atomic E-state index is 0.0535. The molecule has 0 aliphatic carbocycles. The fraction of sp³-hybridized carbons (Fsp3) is 0.385. The van der Waals surface area contributed by atoms with E-state index in [1.54, 1.807) is 19.3 Å². The van der Waals surface area contributed by atoms with E-state index in [2.05, 4.69) is 20.3 Å². The number of nitrogens with one attached hydrogen (secondary N) is 1. The predicted molar refractivity (Wildman–Crippen MR) is 72.3 cm³/mol. The molecule has 0 aliphatic heterocycles. The first kappa shape index (κ1) is 13.2. The second kappa shape index (κ2) is 5.17. The van der Waals surface area contributed by atoms with Gasteiger partial charge in [-0.05, 0) is 20.8 Å². The van der Waals surface area contributed by atoms with Gasteiger partial charge in [-0.1, -0.05) is 6.92 Å². The van der Waals surface area contributed by atoms with Crippen LogP contribution < -0.4 is 5.32 Å². The topological polar surface area (TPSA) is 72.7 Å². The molecule has 6 nitrogen and oxygen atoms in total. The Kier molecular flexibility index (Phi) is 3.59. The van der Waals surface area contributed by atoms with Crippen LogP contribution in [0.25, 0.3) is 5.95 Å². The molecule has 0 saturated carbocycles. The molecule has 0 aliphatic rings. The van der Waals surface area contributed by atoms with Crippen molar-refractivity contribution < 1.29 is 4.79 Å². The fourth-order valence-electron chi connectivity index (χ4n) is 1.82. The van der Waals surface area contributed by atoms with E-state index in [-0.39, 0.29) is 5.91 Å². The van der Waals surface area contributed by atoms with Crippen LogP contribution in [-0.4, -0.2) is 25.4 Å². The van der Waals surface area contributed by atoms with Crippen molar-refractivity contribution in [3.8, 4) is 5.95 Å². The fourth-order valence-corrected chi connectivity index (χ4v) is 1.82. The number of aromatic nitrogens is 4. The highest BCUT2D eigenvalue weighted by atomic mass is 16.1. The van der Waals surface area contributed by atoms with Gasteiger partial charge >= 0.3 is 0 Å². The molecule has 1 amide bonds. The monoisotopic (exact) mass is 259 g/mol. The van der Waals surface area contributed by atoms with Crippen LogP contribution in [0.3, 0.4) is 0 Å². The molecule has 2 aromatic rings. The molecule has 0 fully saturated rings. The van der Waals surface area contributed by atoms with Crippen LogP contribution in [-0.2, 0) is 4.79 Å². The van der Waals surface area contributed by atoms with Crippen LogP contribution in [0.1, 0.15) is 30.6 Å². The molecule has 0 bridgehead atoms. The summed E-state index contributed by atoms with van der Waals surface area (Å²) in [6.07, 6.45) is 3.63. The van der Waals surface area contributed by atoms with Gasteiger partial charge in [-0.15, -0.1) is 0 Å². The van der Waals surface area contributed by atoms with Crippen molar-refractivity contribution in [2.45, 2.75) is 34.1 Å². The number of hydrogen-bond donors (Lipinski definition) is 1. The van der Waals surface area contributed by atoms with Gasteiger partial charge in [0.15, 0.2) is 0 Å². The number of amides is 1. The molecule has 0 radical (unpaired) electrons. The maximum atomic E-state index is 11.3. The number of anilines is 1. The highest BCUT2D eigenvalue weighted by Crippen LogP contribution is 2.14. The lowest BCUT2D eigenvalue weighted by molar-refractivity contribution is -0.115. The molecule has 6 heteroatoms. The molecule has 2 heterocycles. The van der Waals surface area contributed by atoms with Crippen molar-refractivity contribution in [3.63, 3.8) is 0 Å². The average Bonchev–Trinajstić information content (AvgIpc) is 2.64. The zero-order chi connectivity index (χ0) is 14.0. The van der Waals surface area contributed by atoms with Gasteiger partial charge in [0, 0.05) is 12.1 Å². The van der Waals surface area contributed by atoms with Crippen LogP contribution in [0, 0.1) is 20.8 Å². The van der Waals surface area contributed by atoms with Crippen molar-refractivity contribution in [1.29, 1.82) is 0 Å².